The molecule has 1 heterocycles. The molecule has 1 unspecified atom stereocenters. The van der Waals surface area contributed by atoms with Crippen LogP contribution >= 0.6 is 0 Å². The van der Waals surface area contributed by atoms with Crippen LogP contribution in [-0.4, -0.2) is 62.1 Å². The predicted molar refractivity (Wildman–Crippen MR) is 70.8 cm³/mol. The third kappa shape index (κ3) is 4.48. The Morgan fingerprint density at radius 3 is 2.55 bits per heavy atom. The molecule has 20 heavy (non-hydrogen) atoms. The molecule has 1 rings (SSSR count). The van der Waals surface area contributed by atoms with Crippen molar-refractivity contribution in [2.24, 2.45) is 5.41 Å². The lowest BCUT2D eigenvalue weighted by molar-refractivity contribution is -0.162. The Morgan fingerprint density at radius 2 is 2.00 bits per heavy atom. The molecule has 1 aliphatic rings. The summed E-state index contributed by atoms with van der Waals surface area (Å²) in [6.07, 6.45) is -0.754. The van der Waals surface area contributed by atoms with E-state index >= 15 is 0 Å². The van der Waals surface area contributed by atoms with E-state index in [0.29, 0.717) is 6.54 Å². The second-order valence-electron chi connectivity index (χ2n) is 5.66. The first-order valence-electron chi connectivity index (χ1n) is 6.51. The quantitative estimate of drug-likeness (QED) is 0.710. The fourth-order valence-electron chi connectivity index (χ4n) is 1.68. The molecule has 1 aliphatic heterocycles. The zero-order chi connectivity index (χ0) is 15.3. The molecule has 0 aliphatic carbocycles. The summed E-state index contributed by atoms with van der Waals surface area (Å²) in [5, 5.41) is 2.59. The van der Waals surface area contributed by atoms with Crippen LogP contribution < -0.4 is 5.32 Å². The minimum atomic E-state index is -0.754. The van der Waals surface area contributed by atoms with Crippen LogP contribution in [0.1, 0.15) is 20.8 Å². The van der Waals surface area contributed by atoms with Crippen molar-refractivity contribution in [1.82, 2.24) is 10.2 Å². The molecule has 0 aromatic rings. The van der Waals surface area contributed by atoms with Crippen molar-refractivity contribution in [3.63, 3.8) is 0 Å². The summed E-state index contributed by atoms with van der Waals surface area (Å²) in [6.45, 7) is 6.07. The molecule has 7 heteroatoms. The van der Waals surface area contributed by atoms with Crippen molar-refractivity contribution >= 4 is 17.8 Å². The Bertz CT molecular complexity index is 389. The maximum atomic E-state index is 12.0. The number of nitrogens with one attached hydrogen (secondary N) is 1. The average Bonchev–Trinajstić information content (AvgIpc) is 2.42. The molecule has 0 saturated carbocycles. The van der Waals surface area contributed by atoms with E-state index in [1.807, 2.05) is 0 Å². The molecule has 114 valence electrons. The highest BCUT2D eigenvalue weighted by Gasteiger charge is 2.30. The van der Waals surface area contributed by atoms with E-state index in [1.165, 1.54) is 12.0 Å². The van der Waals surface area contributed by atoms with Gasteiger partial charge in [0.2, 0.25) is 11.8 Å². The second-order valence-corrected chi connectivity index (χ2v) is 5.66. The van der Waals surface area contributed by atoms with Gasteiger partial charge >= 0.3 is 5.97 Å². The van der Waals surface area contributed by atoms with Gasteiger partial charge in [-0.25, -0.2) is 4.79 Å². The normalized spacial score (nSPS) is 19.4. The zero-order valence-electron chi connectivity index (χ0n) is 12.4. The number of nitrogens with zero attached hydrogens (tertiary/aromatic N) is 1. The largest absolute Gasteiger partial charge is 0.467 e. The summed E-state index contributed by atoms with van der Waals surface area (Å²) in [4.78, 5) is 36.6. The summed E-state index contributed by atoms with van der Waals surface area (Å²) >= 11 is 0. The third-order valence-corrected chi connectivity index (χ3v) is 2.96. The van der Waals surface area contributed by atoms with Crippen molar-refractivity contribution in [3.8, 4) is 0 Å². The van der Waals surface area contributed by atoms with Gasteiger partial charge in [0.15, 0.2) is 6.10 Å². The minimum Gasteiger partial charge on any atom is -0.467 e. The van der Waals surface area contributed by atoms with Crippen LogP contribution in [0.5, 0.6) is 0 Å². The van der Waals surface area contributed by atoms with E-state index in [2.05, 4.69) is 10.1 Å². The fraction of sp³-hybridized carbons (Fsp3) is 0.769. The predicted octanol–water partition coefficient (Wildman–Crippen LogP) is -0.451. The molecule has 0 aromatic heterocycles. The molecule has 0 spiro atoms. The molecule has 7 nitrogen and oxygen atoms in total. The van der Waals surface area contributed by atoms with Crippen LogP contribution in [0, 0.1) is 5.41 Å². The van der Waals surface area contributed by atoms with Gasteiger partial charge in [0.25, 0.3) is 0 Å². The van der Waals surface area contributed by atoms with Crippen LogP contribution in [0.2, 0.25) is 0 Å². The second kappa shape index (κ2) is 6.69. The monoisotopic (exact) mass is 286 g/mol. The van der Waals surface area contributed by atoms with Gasteiger partial charge in [0.1, 0.15) is 0 Å². The number of amides is 2. The van der Waals surface area contributed by atoms with Gasteiger partial charge in [-0.05, 0) is 0 Å². The molecule has 1 N–H and O–H groups in total. The number of rotatable bonds is 3. The number of hydrogen-bond donors (Lipinski definition) is 1. The molecular formula is C13H22N2O5. The van der Waals surface area contributed by atoms with Crippen molar-refractivity contribution in [1.29, 1.82) is 0 Å². The number of ether oxygens (including phenoxy) is 2. The zero-order valence-corrected chi connectivity index (χ0v) is 12.4. The maximum Gasteiger partial charge on any atom is 0.336 e. The lowest BCUT2D eigenvalue weighted by Crippen LogP contribution is -2.52. The minimum absolute atomic E-state index is 0.0794. The molecule has 2 amide bonds. The Morgan fingerprint density at radius 1 is 1.35 bits per heavy atom. The molecule has 1 atom stereocenters. The Kier molecular flexibility index (Phi) is 5.50. The Balaban J connectivity index is 2.47. The third-order valence-electron chi connectivity index (χ3n) is 2.96. The van der Waals surface area contributed by atoms with Crippen molar-refractivity contribution in [2.45, 2.75) is 26.9 Å². The number of carbonyl (C=O) groups is 3. The molecule has 1 saturated heterocycles. The topological polar surface area (TPSA) is 84.9 Å². The molecule has 0 radical (unpaired) electrons. The van der Waals surface area contributed by atoms with E-state index in [9.17, 15) is 14.4 Å². The summed E-state index contributed by atoms with van der Waals surface area (Å²) < 4.78 is 9.82. The average molecular weight is 286 g/mol. The standard InChI is InChI=1S/C13H22N2O5/c1-13(2,3)12(18)14-7-10(16)15-5-6-20-9(8-15)11(17)19-4/h9H,5-8H2,1-4H3,(H,14,18). The van der Waals surface area contributed by atoms with Gasteiger partial charge < -0.3 is 19.7 Å². The summed E-state index contributed by atoms with van der Waals surface area (Å²) in [6, 6.07) is 0. The van der Waals surface area contributed by atoms with Crippen LogP contribution in [0.15, 0.2) is 0 Å². The molecule has 0 bridgehead atoms. The number of carbonyl (C=O) groups excluding carboxylic acids is 3. The Hall–Kier alpha value is -1.63. The SMILES string of the molecule is COC(=O)C1CN(C(=O)CNC(=O)C(C)(C)C)CCO1. The fourth-order valence-corrected chi connectivity index (χ4v) is 1.68. The summed E-state index contributed by atoms with van der Waals surface area (Å²) in [7, 11) is 1.27. The highest BCUT2D eigenvalue weighted by molar-refractivity contribution is 5.87. The van der Waals surface area contributed by atoms with Crippen molar-refractivity contribution < 1.29 is 23.9 Å². The first-order chi connectivity index (χ1) is 9.25. The van der Waals surface area contributed by atoms with Crippen molar-refractivity contribution in [3.05, 3.63) is 0 Å². The lowest BCUT2D eigenvalue weighted by atomic mass is 9.96. The van der Waals surface area contributed by atoms with Gasteiger partial charge in [-0.3, -0.25) is 9.59 Å². The first kappa shape index (κ1) is 16.4. The van der Waals surface area contributed by atoms with E-state index < -0.39 is 17.5 Å². The van der Waals surface area contributed by atoms with Gasteiger partial charge in [0.05, 0.1) is 26.8 Å². The highest BCUT2D eigenvalue weighted by atomic mass is 16.6. The van der Waals surface area contributed by atoms with Gasteiger partial charge in [0, 0.05) is 12.0 Å². The van der Waals surface area contributed by atoms with E-state index in [4.69, 9.17) is 4.74 Å². The molecule has 0 aromatic carbocycles. The summed E-state index contributed by atoms with van der Waals surface area (Å²) in [5.74, 6) is -0.926. The smallest absolute Gasteiger partial charge is 0.336 e. The van der Waals surface area contributed by atoms with Gasteiger partial charge in [-0.15, -0.1) is 0 Å². The number of methoxy groups -OCH3 is 1. The number of morpholine rings is 1. The van der Waals surface area contributed by atoms with E-state index in [0.717, 1.165) is 0 Å². The van der Waals surface area contributed by atoms with Crippen LogP contribution in [-0.2, 0) is 23.9 Å². The molecule has 1 fully saturated rings. The first-order valence-corrected chi connectivity index (χ1v) is 6.51. The highest BCUT2D eigenvalue weighted by Crippen LogP contribution is 2.12. The van der Waals surface area contributed by atoms with Crippen molar-refractivity contribution in [2.75, 3.05) is 33.4 Å². The number of esters is 1. The molecular weight excluding hydrogens is 264 g/mol. The van der Waals surface area contributed by atoms with Crippen LogP contribution in [0.25, 0.3) is 0 Å². The van der Waals surface area contributed by atoms with Crippen LogP contribution in [0.4, 0.5) is 0 Å². The number of hydrogen-bond acceptors (Lipinski definition) is 5. The van der Waals surface area contributed by atoms with E-state index in [1.54, 1.807) is 20.8 Å². The van der Waals surface area contributed by atoms with Gasteiger partial charge in [-0.1, -0.05) is 20.8 Å². The lowest BCUT2D eigenvalue weighted by Gasteiger charge is -2.31. The Labute approximate surface area is 118 Å². The maximum absolute atomic E-state index is 12.0. The summed E-state index contributed by atoms with van der Waals surface area (Å²) in [5.41, 5.74) is -0.542. The van der Waals surface area contributed by atoms with Crippen LogP contribution in [0.3, 0.4) is 0 Å². The van der Waals surface area contributed by atoms with E-state index in [-0.39, 0.29) is 31.5 Å². The van der Waals surface area contributed by atoms with Gasteiger partial charge in [-0.2, -0.15) is 0 Å².